The lowest BCUT2D eigenvalue weighted by atomic mass is 10.3. The summed E-state index contributed by atoms with van der Waals surface area (Å²) in [6.45, 7) is 0.940. The highest BCUT2D eigenvalue weighted by Gasteiger charge is 1.90. The molecule has 112 valence electrons. The minimum absolute atomic E-state index is 0.418. The first-order valence-corrected chi connectivity index (χ1v) is 6.11. The van der Waals surface area contributed by atoms with Gasteiger partial charge in [0.1, 0.15) is 0 Å². The molecule has 22 heavy (non-hydrogen) atoms. The second kappa shape index (κ2) is 14.2. The van der Waals surface area contributed by atoms with Crippen molar-refractivity contribution in [3.63, 3.8) is 0 Å². The molecular formula is C14H12N4O4. The predicted octanol–water partition coefficient (Wildman–Crippen LogP) is 2.06. The first-order valence-electron chi connectivity index (χ1n) is 6.11. The lowest BCUT2D eigenvalue weighted by molar-refractivity contribution is 0.559. The quantitative estimate of drug-likeness (QED) is 0.435. The van der Waals surface area contributed by atoms with E-state index >= 15 is 0 Å². The lowest BCUT2D eigenvalue weighted by Gasteiger charge is -1.90. The Balaban J connectivity index is 0.000000409. The first-order chi connectivity index (χ1) is 10.8. The number of hydrogen-bond acceptors (Lipinski definition) is 8. The maximum atomic E-state index is 9.84. The summed E-state index contributed by atoms with van der Waals surface area (Å²) in [7, 11) is 0. The molecule has 0 fully saturated rings. The Morgan fingerprint density at radius 3 is 1.55 bits per heavy atom. The molecule has 0 N–H and O–H groups in total. The standard InChI is InChI=1S/C8H4N2O2.C6H8N2O2/c11-5-9-7-2-1-3-8(4-7)10-6-12;9-5-7-3-1-2-4-8-6-10/h1-4H;1-4H2. The van der Waals surface area contributed by atoms with Crippen LogP contribution in [0.1, 0.15) is 12.8 Å². The van der Waals surface area contributed by atoms with Crippen LogP contribution in [0.15, 0.2) is 44.2 Å². The van der Waals surface area contributed by atoms with E-state index in [-0.39, 0.29) is 0 Å². The number of nitrogens with zero attached hydrogens (tertiary/aromatic N) is 4. The third kappa shape index (κ3) is 10.6. The Hall–Kier alpha value is -3.26. The highest BCUT2D eigenvalue weighted by Crippen LogP contribution is 2.18. The fraction of sp³-hybridized carbons (Fsp3) is 0.286. The highest BCUT2D eigenvalue weighted by molar-refractivity contribution is 5.58. The lowest BCUT2D eigenvalue weighted by Crippen LogP contribution is -1.84. The van der Waals surface area contributed by atoms with Crippen LogP contribution in [0.4, 0.5) is 11.4 Å². The second-order valence-corrected chi connectivity index (χ2v) is 3.58. The van der Waals surface area contributed by atoms with Gasteiger partial charge in [-0.2, -0.15) is 9.98 Å². The number of benzene rings is 1. The zero-order chi connectivity index (χ0) is 16.5. The van der Waals surface area contributed by atoms with Crippen molar-refractivity contribution in [2.24, 2.45) is 20.0 Å². The van der Waals surface area contributed by atoms with E-state index in [1.807, 2.05) is 0 Å². The fourth-order valence-corrected chi connectivity index (χ4v) is 1.21. The van der Waals surface area contributed by atoms with E-state index in [4.69, 9.17) is 0 Å². The van der Waals surface area contributed by atoms with Crippen LogP contribution < -0.4 is 0 Å². The topological polar surface area (TPSA) is 118 Å². The van der Waals surface area contributed by atoms with Crippen molar-refractivity contribution >= 4 is 35.7 Å². The summed E-state index contributed by atoms with van der Waals surface area (Å²) in [5.74, 6) is 0. The smallest absolute Gasteiger partial charge is 0.211 e. The molecule has 0 radical (unpaired) electrons. The highest BCUT2D eigenvalue weighted by atomic mass is 16.1. The molecule has 1 aromatic carbocycles. The van der Waals surface area contributed by atoms with Crippen LogP contribution in [0.25, 0.3) is 0 Å². The molecule has 0 saturated carbocycles. The van der Waals surface area contributed by atoms with Crippen LogP contribution in [-0.2, 0) is 19.2 Å². The van der Waals surface area contributed by atoms with Crippen LogP contribution in [0.2, 0.25) is 0 Å². The van der Waals surface area contributed by atoms with Gasteiger partial charge in [-0.25, -0.2) is 29.2 Å². The van der Waals surface area contributed by atoms with Crippen LogP contribution >= 0.6 is 0 Å². The van der Waals surface area contributed by atoms with Crippen molar-refractivity contribution in [1.82, 2.24) is 0 Å². The zero-order valence-corrected chi connectivity index (χ0v) is 11.6. The van der Waals surface area contributed by atoms with Crippen molar-refractivity contribution in [2.45, 2.75) is 12.8 Å². The molecule has 1 aromatic rings. The molecule has 0 unspecified atom stereocenters. The number of rotatable bonds is 7. The molecular weight excluding hydrogens is 288 g/mol. The Bertz CT molecular complexity index is 595. The van der Waals surface area contributed by atoms with Gasteiger partial charge in [-0.1, -0.05) is 6.07 Å². The molecule has 0 atom stereocenters. The fourth-order valence-electron chi connectivity index (χ4n) is 1.21. The monoisotopic (exact) mass is 300 g/mol. The summed E-state index contributed by atoms with van der Waals surface area (Å²) in [6.07, 6.45) is 7.16. The zero-order valence-electron chi connectivity index (χ0n) is 11.6. The van der Waals surface area contributed by atoms with Gasteiger partial charge in [0.15, 0.2) is 0 Å². The van der Waals surface area contributed by atoms with Crippen molar-refractivity contribution in [3.05, 3.63) is 24.3 Å². The van der Waals surface area contributed by atoms with Gasteiger partial charge in [0.05, 0.1) is 24.5 Å². The van der Waals surface area contributed by atoms with Crippen molar-refractivity contribution in [2.75, 3.05) is 13.1 Å². The van der Waals surface area contributed by atoms with Crippen LogP contribution in [0, 0.1) is 0 Å². The van der Waals surface area contributed by atoms with Gasteiger partial charge in [-0.05, 0) is 31.0 Å². The van der Waals surface area contributed by atoms with E-state index in [0.717, 1.165) is 12.8 Å². The van der Waals surface area contributed by atoms with Crippen molar-refractivity contribution in [1.29, 1.82) is 0 Å². The van der Waals surface area contributed by atoms with E-state index < -0.39 is 0 Å². The number of hydrogen-bond donors (Lipinski definition) is 0. The Morgan fingerprint density at radius 1 is 0.727 bits per heavy atom. The molecule has 0 saturated heterocycles. The molecule has 0 amide bonds. The van der Waals surface area contributed by atoms with Gasteiger partial charge >= 0.3 is 0 Å². The molecule has 0 aromatic heterocycles. The number of unbranched alkanes of at least 4 members (excludes halogenated alkanes) is 1. The van der Waals surface area contributed by atoms with E-state index in [0.29, 0.717) is 24.5 Å². The molecule has 0 heterocycles. The maximum absolute atomic E-state index is 9.84. The normalized spacial score (nSPS) is 7.82. The third-order valence-electron chi connectivity index (χ3n) is 2.10. The third-order valence-corrected chi connectivity index (χ3v) is 2.10. The van der Waals surface area contributed by atoms with Crippen molar-refractivity contribution < 1.29 is 19.2 Å². The molecule has 0 aliphatic rings. The molecule has 0 aliphatic carbocycles. The Kier molecular flexibility index (Phi) is 12.1. The van der Waals surface area contributed by atoms with Crippen LogP contribution in [0.5, 0.6) is 0 Å². The minimum Gasteiger partial charge on any atom is -0.211 e. The number of isocyanates is 4. The summed E-state index contributed by atoms with van der Waals surface area (Å²) in [5, 5.41) is 0. The first kappa shape index (κ1) is 18.7. The minimum atomic E-state index is 0.418. The van der Waals surface area contributed by atoms with E-state index in [1.54, 1.807) is 18.2 Å². The Morgan fingerprint density at radius 2 is 1.18 bits per heavy atom. The van der Waals surface area contributed by atoms with Gasteiger partial charge in [0.2, 0.25) is 24.3 Å². The van der Waals surface area contributed by atoms with Crippen LogP contribution in [-0.4, -0.2) is 37.4 Å². The average Bonchev–Trinajstić information content (AvgIpc) is 2.53. The van der Waals surface area contributed by atoms with Gasteiger partial charge in [0.25, 0.3) is 0 Å². The van der Waals surface area contributed by atoms with Crippen LogP contribution in [0.3, 0.4) is 0 Å². The maximum Gasteiger partial charge on any atom is 0.240 e. The molecule has 0 aliphatic heterocycles. The summed E-state index contributed by atoms with van der Waals surface area (Å²) < 4.78 is 0. The molecule has 0 spiro atoms. The largest absolute Gasteiger partial charge is 0.240 e. The van der Waals surface area contributed by atoms with Gasteiger partial charge in [-0.15, -0.1) is 0 Å². The van der Waals surface area contributed by atoms with E-state index in [2.05, 4.69) is 20.0 Å². The summed E-state index contributed by atoms with van der Waals surface area (Å²) in [6, 6.07) is 6.32. The van der Waals surface area contributed by atoms with Crippen molar-refractivity contribution in [3.8, 4) is 0 Å². The second-order valence-electron chi connectivity index (χ2n) is 3.58. The Labute approximate surface area is 126 Å². The molecule has 8 nitrogen and oxygen atoms in total. The molecule has 0 bridgehead atoms. The SMILES string of the molecule is O=C=NCCCCN=C=O.O=C=Nc1cccc(N=C=O)c1. The average molecular weight is 300 g/mol. The summed E-state index contributed by atoms with van der Waals surface area (Å²) in [5.41, 5.74) is 0.836. The predicted molar refractivity (Wildman–Crippen MR) is 77.2 cm³/mol. The summed E-state index contributed by atoms with van der Waals surface area (Å²) in [4.78, 5) is 52.1. The van der Waals surface area contributed by atoms with Gasteiger partial charge in [-0.3, -0.25) is 0 Å². The number of carbonyl (C=O) groups excluding carboxylic acids is 4. The van der Waals surface area contributed by atoms with E-state index in [1.165, 1.54) is 30.4 Å². The van der Waals surface area contributed by atoms with Gasteiger partial charge < -0.3 is 0 Å². The van der Waals surface area contributed by atoms with E-state index in [9.17, 15) is 19.2 Å². The molecule has 8 heteroatoms. The molecule has 1 rings (SSSR count). The van der Waals surface area contributed by atoms with Gasteiger partial charge in [0, 0.05) is 0 Å². The number of aliphatic imine (C=N–C) groups is 4. The summed E-state index contributed by atoms with van der Waals surface area (Å²) >= 11 is 0.